The number of rotatable bonds is 10. The molecular weight excluding hydrogens is 496 g/mol. The van der Waals surface area contributed by atoms with Gasteiger partial charge < -0.3 is 29.7 Å². The fourth-order valence-electron chi connectivity index (χ4n) is 4.34. The average Bonchev–Trinajstić information content (AvgIpc) is 2.80. The third-order valence-corrected chi connectivity index (χ3v) is 6.16. The number of fused-ring (bicyclic) bond motifs is 1. The van der Waals surface area contributed by atoms with Crippen LogP contribution in [0.15, 0.2) is 24.3 Å². The van der Waals surface area contributed by atoms with Gasteiger partial charge in [-0.25, -0.2) is 9.59 Å². The van der Waals surface area contributed by atoms with Gasteiger partial charge in [-0.2, -0.15) is 0 Å². The Bertz CT molecular complexity index is 1020. The molecule has 0 saturated carbocycles. The first-order chi connectivity index (χ1) is 17.5. The topological polar surface area (TPSA) is 152 Å². The second-order valence-corrected chi connectivity index (χ2v) is 11.4. The molecule has 38 heavy (non-hydrogen) atoms. The predicted molar refractivity (Wildman–Crippen MR) is 139 cm³/mol. The summed E-state index contributed by atoms with van der Waals surface area (Å²) in [6, 6.07) is 5.00. The van der Waals surface area contributed by atoms with E-state index in [0.717, 1.165) is 0 Å². The molecule has 0 aromatic heterocycles. The molecule has 0 spiro atoms. The van der Waals surface area contributed by atoms with Crippen LogP contribution >= 0.6 is 0 Å². The summed E-state index contributed by atoms with van der Waals surface area (Å²) in [7, 11) is 1.24. The number of ether oxygens (including phenoxy) is 3. The van der Waals surface area contributed by atoms with Crippen molar-refractivity contribution >= 4 is 29.6 Å². The zero-order valence-corrected chi connectivity index (χ0v) is 23.1. The second kappa shape index (κ2) is 12.5. The maximum Gasteiger partial charge on any atom is 0.407 e. The van der Waals surface area contributed by atoms with Crippen LogP contribution < -0.4 is 15.0 Å². The number of carboxylic acids is 1. The number of hydrogen-bond donors (Lipinski definition) is 3. The molecular formula is C27H40N2O9. The van der Waals surface area contributed by atoms with Crippen LogP contribution in [0.5, 0.6) is 5.75 Å². The van der Waals surface area contributed by atoms with Gasteiger partial charge in [0.15, 0.2) is 6.04 Å². The molecule has 2 rings (SSSR count). The van der Waals surface area contributed by atoms with E-state index < -0.39 is 53.2 Å². The number of para-hydroxylation sites is 2. The van der Waals surface area contributed by atoms with Gasteiger partial charge in [0.2, 0.25) is 5.91 Å². The van der Waals surface area contributed by atoms with Gasteiger partial charge in [0, 0.05) is 6.42 Å². The van der Waals surface area contributed by atoms with Crippen molar-refractivity contribution in [3.8, 4) is 5.75 Å². The number of anilines is 1. The van der Waals surface area contributed by atoms with Crippen LogP contribution in [0, 0.1) is 11.3 Å². The van der Waals surface area contributed by atoms with E-state index in [1.807, 2.05) is 0 Å². The number of nitrogens with zero attached hydrogens (tertiary/aromatic N) is 1. The van der Waals surface area contributed by atoms with E-state index in [9.17, 15) is 29.4 Å². The number of nitrogens with one attached hydrogen (secondary N) is 1. The number of carbonyl (C=O) groups is 4. The third kappa shape index (κ3) is 8.61. The van der Waals surface area contributed by atoms with Gasteiger partial charge in [0.25, 0.3) is 0 Å². The lowest BCUT2D eigenvalue weighted by Gasteiger charge is -2.38. The van der Waals surface area contributed by atoms with E-state index in [-0.39, 0.29) is 31.8 Å². The standard InChI is InChI=1S/C27H40N2O9/c1-16(23(32)33)12-20(30)17(28-25(35)38-26(2,3)4)13-27(5,6)14-22(31)29-18-10-8-9-11-21(18)37-15-19(29)24(34)36-7/h8-11,16-17,19-20,30H,12-15H2,1-7H3,(H,28,35)(H,32,33)/t16-,17+,19-,20+/m1/s1. The lowest BCUT2D eigenvalue weighted by Crippen LogP contribution is -2.53. The highest BCUT2D eigenvalue weighted by Crippen LogP contribution is 2.37. The molecule has 0 radical (unpaired) electrons. The normalized spacial score (nSPS) is 17.8. The summed E-state index contributed by atoms with van der Waals surface area (Å²) >= 11 is 0. The van der Waals surface area contributed by atoms with Crippen LogP contribution in [-0.2, 0) is 23.9 Å². The summed E-state index contributed by atoms with van der Waals surface area (Å²) in [6.45, 7) is 10.1. The van der Waals surface area contributed by atoms with E-state index in [4.69, 9.17) is 14.2 Å². The number of benzene rings is 1. The molecule has 2 amide bonds. The minimum absolute atomic E-state index is 0.0530. The van der Waals surface area contributed by atoms with Crippen LogP contribution in [0.25, 0.3) is 0 Å². The first-order valence-electron chi connectivity index (χ1n) is 12.6. The van der Waals surface area contributed by atoms with Crippen LogP contribution in [0.3, 0.4) is 0 Å². The van der Waals surface area contributed by atoms with Crippen molar-refractivity contribution in [2.24, 2.45) is 11.3 Å². The molecule has 11 nitrogen and oxygen atoms in total. The van der Waals surface area contributed by atoms with Crippen LogP contribution in [0.4, 0.5) is 10.5 Å². The molecule has 1 heterocycles. The van der Waals surface area contributed by atoms with Crippen molar-refractivity contribution in [1.29, 1.82) is 0 Å². The summed E-state index contributed by atoms with van der Waals surface area (Å²) in [5.41, 5.74) is -1.14. The minimum Gasteiger partial charge on any atom is -0.489 e. The summed E-state index contributed by atoms with van der Waals surface area (Å²) < 4.78 is 15.9. The van der Waals surface area contributed by atoms with Crippen LogP contribution in [-0.4, -0.2) is 71.7 Å². The Morgan fingerprint density at radius 2 is 1.79 bits per heavy atom. The molecule has 0 saturated heterocycles. The molecule has 1 aliphatic rings. The SMILES string of the molecule is COC(=O)[C@H]1COc2ccccc2N1C(=O)CC(C)(C)C[C@H](NC(=O)OC(C)(C)C)[C@@H](O)C[C@@H](C)C(=O)O. The molecule has 1 aromatic carbocycles. The largest absolute Gasteiger partial charge is 0.489 e. The first-order valence-corrected chi connectivity index (χ1v) is 12.6. The third-order valence-electron chi connectivity index (χ3n) is 6.16. The number of aliphatic carboxylic acids is 1. The van der Waals surface area contributed by atoms with Gasteiger partial charge in [0.05, 0.1) is 30.9 Å². The lowest BCUT2D eigenvalue weighted by molar-refractivity contribution is -0.145. The van der Waals surface area contributed by atoms with Crippen LogP contribution in [0.2, 0.25) is 0 Å². The zero-order chi connectivity index (χ0) is 28.8. The number of hydrogen-bond acceptors (Lipinski definition) is 8. The number of carboxylic acid groups (broad SMARTS) is 1. The average molecular weight is 537 g/mol. The summed E-state index contributed by atoms with van der Waals surface area (Å²) in [5, 5.41) is 22.8. The molecule has 3 N–H and O–H groups in total. The van der Waals surface area contributed by atoms with Gasteiger partial charge in [-0.15, -0.1) is 0 Å². The van der Waals surface area contributed by atoms with Gasteiger partial charge >= 0.3 is 18.0 Å². The number of amides is 2. The molecule has 0 unspecified atom stereocenters. The minimum atomic E-state index is -1.21. The highest BCUT2D eigenvalue weighted by Gasteiger charge is 2.40. The number of methoxy groups -OCH3 is 1. The van der Waals surface area contributed by atoms with E-state index >= 15 is 0 Å². The monoisotopic (exact) mass is 536 g/mol. The van der Waals surface area contributed by atoms with Gasteiger partial charge in [0.1, 0.15) is 18.0 Å². The number of aliphatic hydroxyl groups excluding tert-OH is 1. The molecule has 212 valence electrons. The quantitative estimate of drug-likeness (QED) is 0.383. The Balaban J connectivity index is 2.28. The van der Waals surface area contributed by atoms with Gasteiger partial charge in [-0.1, -0.05) is 32.9 Å². The molecule has 1 aliphatic heterocycles. The van der Waals surface area contributed by atoms with Crippen molar-refractivity contribution in [3.63, 3.8) is 0 Å². The Morgan fingerprint density at radius 1 is 1.16 bits per heavy atom. The Hall–Kier alpha value is -3.34. The second-order valence-electron chi connectivity index (χ2n) is 11.4. The number of carbonyl (C=O) groups excluding carboxylic acids is 3. The summed E-state index contributed by atoms with van der Waals surface area (Å²) in [5.74, 6) is -2.46. The van der Waals surface area contributed by atoms with Gasteiger partial charge in [-0.05, 0) is 51.2 Å². The lowest BCUT2D eigenvalue weighted by atomic mass is 9.79. The summed E-state index contributed by atoms with van der Waals surface area (Å²) in [4.78, 5) is 51.4. The van der Waals surface area contributed by atoms with E-state index in [2.05, 4.69) is 5.32 Å². The Kier molecular flexibility index (Phi) is 10.1. The van der Waals surface area contributed by atoms with E-state index in [1.165, 1.54) is 18.9 Å². The van der Waals surface area contributed by atoms with E-state index in [1.54, 1.807) is 58.9 Å². The fourth-order valence-corrected chi connectivity index (χ4v) is 4.34. The predicted octanol–water partition coefficient (Wildman–Crippen LogP) is 3.13. The van der Waals surface area contributed by atoms with Crippen molar-refractivity contribution < 1.29 is 43.6 Å². The number of esters is 1. The van der Waals surface area contributed by atoms with Gasteiger partial charge in [-0.3, -0.25) is 14.5 Å². The molecule has 0 bridgehead atoms. The maximum absolute atomic E-state index is 13.6. The van der Waals surface area contributed by atoms with E-state index in [0.29, 0.717) is 11.4 Å². The fraction of sp³-hybridized carbons (Fsp3) is 0.630. The van der Waals surface area contributed by atoms with Crippen LogP contribution in [0.1, 0.15) is 60.8 Å². The van der Waals surface area contributed by atoms with Crippen molar-refractivity contribution in [3.05, 3.63) is 24.3 Å². The van der Waals surface area contributed by atoms with Crippen molar-refractivity contribution in [2.45, 2.75) is 84.6 Å². The van der Waals surface area contributed by atoms with Crippen molar-refractivity contribution in [2.75, 3.05) is 18.6 Å². The number of alkyl carbamates (subject to hydrolysis) is 1. The highest BCUT2D eigenvalue weighted by atomic mass is 16.6. The molecule has 0 fully saturated rings. The molecule has 1 aromatic rings. The number of aliphatic hydroxyl groups is 1. The maximum atomic E-state index is 13.6. The highest BCUT2D eigenvalue weighted by molar-refractivity contribution is 6.01. The Labute approximate surface area is 223 Å². The van der Waals surface area contributed by atoms with Crippen molar-refractivity contribution in [1.82, 2.24) is 5.32 Å². The first kappa shape index (κ1) is 30.9. The molecule has 0 aliphatic carbocycles. The Morgan fingerprint density at radius 3 is 2.37 bits per heavy atom. The molecule has 4 atom stereocenters. The molecule has 11 heteroatoms. The smallest absolute Gasteiger partial charge is 0.407 e. The zero-order valence-electron chi connectivity index (χ0n) is 23.1. The summed E-state index contributed by atoms with van der Waals surface area (Å²) in [6.07, 6.45) is -2.02.